The van der Waals surface area contributed by atoms with Crippen LogP contribution in [0.3, 0.4) is 0 Å². The van der Waals surface area contributed by atoms with E-state index in [0.717, 1.165) is 43.7 Å². The highest BCUT2D eigenvalue weighted by Crippen LogP contribution is 2.17. The lowest BCUT2D eigenvalue weighted by molar-refractivity contribution is 0.235. The van der Waals surface area contributed by atoms with Gasteiger partial charge in [-0.1, -0.05) is 56.3 Å². The first-order chi connectivity index (χ1) is 14.1. The van der Waals surface area contributed by atoms with Gasteiger partial charge in [-0.2, -0.15) is 5.26 Å². The molecule has 0 radical (unpaired) electrons. The van der Waals surface area contributed by atoms with Gasteiger partial charge in [0.15, 0.2) is 0 Å². The molecule has 0 spiro atoms. The molecule has 3 heteroatoms. The Hall–Kier alpha value is -2.83. The minimum Gasteiger partial charge on any atom is -0.346 e. The molecule has 0 aliphatic rings. The van der Waals surface area contributed by atoms with Crippen molar-refractivity contribution < 1.29 is 0 Å². The molecule has 1 heterocycles. The van der Waals surface area contributed by atoms with Crippen molar-refractivity contribution in [3.63, 3.8) is 0 Å². The average Bonchev–Trinajstić information content (AvgIpc) is 3.15. The van der Waals surface area contributed by atoms with E-state index in [1.165, 1.54) is 16.8 Å². The molecular weight excluding hydrogens is 354 g/mol. The van der Waals surface area contributed by atoms with Gasteiger partial charge >= 0.3 is 0 Å². The van der Waals surface area contributed by atoms with Crippen molar-refractivity contribution in [1.82, 2.24) is 9.47 Å². The smallest absolute Gasteiger partial charge is 0.0995 e. The van der Waals surface area contributed by atoms with E-state index in [4.69, 9.17) is 0 Å². The number of nitrogens with zero attached hydrogens (tertiary/aromatic N) is 3. The zero-order valence-electron chi connectivity index (χ0n) is 17.8. The second-order valence-corrected chi connectivity index (χ2v) is 8.22. The lowest BCUT2D eigenvalue weighted by atomic mass is 10.1. The molecule has 0 amide bonds. The number of aryl methyl sites for hydroxylation is 1. The normalized spacial score (nSPS) is 11.2. The SMILES string of the molecule is Cc1ccccc1Cn1cccc1CN(CCC(C)C)Cc1ccccc1C#N. The van der Waals surface area contributed by atoms with Crippen molar-refractivity contribution in [2.75, 3.05) is 6.54 Å². The molecule has 0 atom stereocenters. The highest BCUT2D eigenvalue weighted by Gasteiger charge is 2.13. The van der Waals surface area contributed by atoms with Crippen molar-refractivity contribution >= 4 is 0 Å². The number of hydrogen-bond donors (Lipinski definition) is 0. The van der Waals surface area contributed by atoms with Crippen LogP contribution in [0.4, 0.5) is 0 Å². The van der Waals surface area contributed by atoms with Crippen LogP contribution in [0.2, 0.25) is 0 Å². The fourth-order valence-electron chi connectivity index (χ4n) is 3.61. The van der Waals surface area contributed by atoms with E-state index in [1.807, 2.05) is 18.2 Å². The van der Waals surface area contributed by atoms with Crippen LogP contribution < -0.4 is 0 Å². The summed E-state index contributed by atoms with van der Waals surface area (Å²) in [4.78, 5) is 2.47. The fraction of sp³-hybridized carbons (Fsp3) is 0.346. The maximum Gasteiger partial charge on any atom is 0.0995 e. The summed E-state index contributed by atoms with van der Waals surface area (Å²) in [5, 5.41) is 9.47. The molecule has 3 aromatic rings. The minimum absolute atomic E-state index is 0.655. The standard InChI is InChI=1S/C26H31N3/c1-21(2)14-16-28(18-25-12-7-6-10-23(25)17-27)20-26-13-8-15-29(26)19-24-11-5-4-9-22(24)3/h4-13,15,21H,14,16,18-20H2,1-3H3. The summed E-state index contributed by atoms with van der Waals surface area (Å²) in [6.07, 6.45) is 3.32. The monoisotopic (exact) mass is 385 g/mol. The molecule has 0 aliphatic carbocycles. The Morgan fingerprint density at radius 1 is 0.931 bits per heavy atom. The first-order valence-corrected chi connectivity index (χ1v) is 10.5. The summed E-state index contributed by atoms with van der Waals surface area (Å²) in [5.41, 5.74) is 5.87. The summed E-state index contributed by atoms with van der Waals surface area (Å²) in [7, 11) is 0. The number of benzene rings is 2. The molecule has 0 saturated carbocycles. The van der Waals surface area contributed by atoms with Crippen molar-refractivity contribution in [1.29, 1.82) is 5.26 Å². The van der Waals surface area contributed by atoms with E-state index in [2.05, 4.69) is 85.0 Å². The van der Waals surface area contributed by atoms with Crippen LogP contribution in [-0.2, 0) is 19.6 Å². The average molecular weight is 386 g/mol. The lowest BCUT2D eigenvalue weighted by Gasteiger charge is -2.25. The summed E-state index contributed by atoms with van der Waals surface area (Å²) >= 11 is 0. The van der Waals surface area contributed by atoms with Crippen LogP contribution >= 0.6 is 0 Å². The van der Waals surface area contributed by atoms with Crippen LogP contribution in [0.25, 0.3) is 0 Å². The zero-order chi connectivity index (χ0) is 20.6. The molecular formula is C26H31N3. The molecule has 3 nitrogen and oxygen atoms in total. The molecule has 150 valence electrons. The van der Waals surface area contributed by atoms with Crippen molar-refractivity contribution in [2.24, 2.45) is 5.92 Å². The third kappa shape index (κ3) is 5.82. The van der Waals surface area contributed by atoms with Gasteiger partial charge in [-0.05, 0) is 60.7 Å². The topological polar surface area (TPSA) is 32.0 Å². The van der Waals surface area contributed by atoms with E-state index in [0.29, 0.717) is 5.92 Å². The molecule has 0 fully saturated rings. The molecule has 0 unspecified atom stereocenters. The van der Waals surface area contributed by atoms with Gasteiger partial charge in [0, 0.05) is 31.5 Å². The van der Waals surface area contributed by atoms with E-state index >= 15 is 0 Å². The summed E-state index contributed by atoms with van der Waals surface area (Å²) in [6.45, 7) is 10.3. The largest absolute Gasteiger partial charge is 0.346 e. The van der Waals surface area contributed by atoms with E-state index in [9.17, 15) is 5.26 Å². The Morgan fingerprint density at radius 3 is 2.38 bits per heavy atom. The first kappa shape index (κ1) is 20.9. The van der Waals surface area contributed by atoms with Gasteiger partial charge in [-0.25, -0.2) is 0 Å². The third-order valence-corrected chi connectivity index (χ3v) is 5.47. The highest BCUT2D eigenvalue weighted by molar-refractivity contribution is 5.37. The van der Waals surface area contributed by atoms with Crippen LogP contribution in [-0.4, -0.2) is 16.0 Å². The van der Waals surface area contributed by atoms with E-state index in [1.54, 1.807) is 0 Å². The van der Waals surface area contributed by atoms with Crippen LogP contribution in [0, 0.1) is 24.2 Å². The van der Waals surface area contributed by atoms with E-state index in [-0.39, 0.29) is 0 Å². The molecule has 2 aromatic carbocycles. The van der Waals surface area contributed by atoms with Crippen LogP contribution in [0.5, 0.6) is 0 Å². The van der Waals surface area contributed by atoms with Crippen molar-refractivity contribution in [3.8, 4) is 6.07 Å². The molecule has 0 aliphatic heterocycles. The Labute approximate surface area is 175 Å². The van der Waals surface area contributed by atoms with Crippen molar-refractivity contribution in [2.45, 2.75) is 46.8 Å². The Bertz CT molecular complexity index is 962. The van der Waals surface area contributed by atoms with Crippen LogP contribution in [0.1, 0.15) is 48.2 Å². The molecule has 1 aromatic heterocycles. The second-order valence-electron chi connectivity index (χ2n) is 8.22. The number of aromatic nitrogens is 1. The maximum absolute atomic E-state index is 9.47. The maximum atomic E-state index is 9.47. The van der Waals surface area contributed by atoms with Gasteiger partial charge in [-0.15, -0.1) is 0 Å². The molecule has 3 rings (SSSR count). The number of nitriles is 1. The molecule has 0 bridgehead atoms. The second kappa shape index (κ2) is 10.1. The van der Waals surface area contributed by atoms with Crippen molar-refractivity contribution in [3.05, 3.63) is 94.8 Å². The Morgan fingerprint density at radius 2 is 1.66 bits per heavy atom. The zero-order valence-corrected chi connectivity index (χ0v) is 17.8. The molecule has 0 N–H and O–H groups in total. The highest BCUT2D eigenvalue weighted by atomic mass is 15.1. The summed E-state index contributed by atoms with van der Waals surface area (Å²) in [5.74, 6) is 0.655. The van der Waals surface area contributed by atoms with Gasteiger partial charge in [0.25, 0.3) is 0 Å². The summed E-state index contributed by atoms with van der Waals surface area (Å²) in [6, 6.07) is 23.2. The van der Waals surface area contributed by atoms with E-state index < -0.39 is 0 Å². The fourth-order valence-corrected chi connectivity index (χ4v) is 3.61. The summed E-state index contributed by atoms with van der Waals surface area (Å²) < 4.78 is 2.35. The van der Waals surface area contributed by atoms with Gasteiger partial charge in [0.1, 0.15) is 0 Å². The number of hydrogen-bond acceptors (Lipinski definition) is 2. The third-order valence-electron chi connectivity index (χ3n) is 5.47. The van der Waals surface area contributed by atoms with Gasteiger partial charge in [0.05, 0.1) is 11.6 Å². The van der Waals surface area contributed by atoms with Crippen LogP contribution in [0.15, 0.2) is 66.9 Å². The van der Waals surface area contributed by atoms with Gasteiger partial charge in [0.2, 0.25) is 0 Å². The predicted octanol–water partition coefficient (Wildman–Crippen LogP) is 5.76. The lowest BCUT2D eigenvalue weighted by Crippen LogP contribution is -2.26. The first-order valence-electron chi connectivity index (χ1n) is 10.5. The van der Waals surface area contributed by atoms with Gasteiger partial charge < -0.3 is 4.57 Å². The minimum atomic E-state index is 0.655. The Balaban J connectivity index is 1.79. The number of rotatable bonds is 9. The quantitative estimate of drug-likeness (QED) is 0.469. The predicted molar refractivity (Wildman–Crippen MR) is 119 cm³/mol. The molecule has 29 heavy (non-hydrogen) atoms. The molecule has 0 saturated heterocycles. The van der Waals surface area contributed by atoms with Gasteiger partial charge in [-0.3, -0.25) is 4.90 Å². The Kier molecular flexibility index (Phi) is 7.27.